The monoisotopic (exact) mass is 520 g/mol. The molecule has 204 valence electrons. The van der Waals surface area contributed by atoms with Crippen LogP contribution in [0.25, 0.3) is 10.8 Å². The number of hydrogen-bond acceptors (Lipinski definition) is 5. The summed E-state index contributed by atoms with van der Waals surface area (Å²) >= 11 is 0. The van der Waals surface area contributed by atoms with Crippen LogP contribution in [0, 0.1) is 0 Å². The zero-order valence-corrected chi connectivity index (χ0v) is 23.3. The summed E-state index contributed by atoms with van der Waals surface area (Å²) in [7, 11) is 0. The fourth-order valence-corrected chi connectivity index (χ4v) is 3.99. The van der Waals surface area contributed by atoms with Gasteiger partial charge in [-0.1, -0.05) is 84.0 Å². The van der Waals surface area contributed by atoms with Crippen molar-refractivity contribution in [1.82, 2.24) is 0 Å². The lowest BCUT2D eigenvalue weighted by atomic mass is 9.79. The number of aliphatic hydroxyl groups excluding tert-OH is 1. The van der Waals surface area contributed by atoms with Gasteiger partial charge in [-0.15, -0.1) is 0 Å². The first-order chi connectivity index (χ1) is 17.9. The molecule has 0 fully saturated rings. The van der Waals surface area contributed by atoms with Crippen LogP contribution >= 0.6 is 0 Å². The van der Waals surface area contributed by atoms with E-state index in [1.807, 2.05) is 12.1 Å². The van der Waals surface area contributed by atoms with Gasteiger partial charge in [0.05, 0.1) is 18.0 Å². The van der Waals surface area contributed by atoms with Crippen molar-refractivity contribution in [2.75, 3.05) is 23.8 Å². The molecule has 0 unspecified atom stereocenters. The molecule has 7 heteroatoms. The first-order valence-electron chi connectivity index (χ1n) is 13.0. The number of aliphatic hydroxyl groups is 1. The average molecular weight is 521 g/mol. The Labute approximate surface area is 225 Å². The minimum atomic E-state index is -0.569. The Balaban J connectivity index is 1.72. The van der Waals surface area contributed by atoms with Crippen LogP contribution in [0.4, 0.5) is 21.0 Å². The molecule has 2 amide bonds. The van der Waals surface area contributed by atoms with E-state index < -0.39 is 12.2 Å². The quantitative estimate of drug-likeness (QED) is 0.267. The first kappa shape index (κ1) is 29.0. The van der Waals surface area contributed by atoms with Crippen molar-refractivity contribution < 1.29 is 24.2 Å². The van der Waals surface area contributed by atoms with Crippen molar-refractivity contribution in [3.63, 3.8) is 0 Å². The van der Waals surface area contributed by atoms with Crippen molar-refractivity contribution in [3.8, 4) is 0 Å². The maximum atomic E-state index is 12.8. The van der Waals surface area contributed by atoms with Crippen LogP contribution < -0.4 is 10.6 Å². The molecule has 3 aromatic carbocycles. The van der Waals surface area contributed by atoms with Gasteiger partial charge in [-0.3, -0.25) is 10.6 Å². The van der Waals surface area contributed by atoms with Crippen LogP contribution in [0.2, 0.25) is 0 Å². The Morgan fingerprint density at radius 1 is 0.737 bits per heavy atom. The van der Waals surface area contributed by atoms with E-state index in [0.29, 0.717) is 24.2 Å². The highest BCUT2D eigenvalue weighted by Crippen LogP contribution is 2.31. The van der Waals surface area contributed by atoms with Gasteiger partial charge in [0.25, 0.3) is 0 Å². The summed E-state index contributed by atoms with van der Waals surface area (Å²) in [6.07, 6.45) is 0.0399. The smallest absolute Gasteiger partial charge is 0.411 e. The molecule has 0 spiro atoms. The molecule has 7 nitrogen and oxygen atoms in total. The molecule has 0 aliphatic heterocycles. The third-order valence-corrected chi connectivity index (χ3v) is 6.28. The number of amides is 2. The predicted molar refractivity (Wildman–Crippen MR) is 153 cm³/mol. The average Bonchev–Trinajstić information content (AvgIpc) is 2.85. The van der Waals surface area contributed by atoms with Gasteiger partial charge in [0.2, 0.25) is 0 Å². The number of hydrogen-bond donors (Lipinski definition) is 3. The highest BCUT2D eigenvalue weighted by atomic mass is 16.6. The molecule has 0 bridgehead atoms. The Kier molecular flexibility index (Phi) is 9.39. The summed E-state index contributed by atoms with van der Waals surface area (Å²) in [6, 6.07) is 17.3. The van der Waals surface area contributed by atoms with E-state index >= 15 is 0 Å². The van der Waals surface area contributed by atoms with Crippen LogP contribution in [-0.2, 0) is 26.9 Å². The summed E-state index contributed by atoms with van der Waals surface area (Å²) in [5.41, 5.74) is 4.43. The molecule has 3 N–H and O–H groups in total. The number of ether oxygens (including phenoxy) is 2. The standard InChI is InChI=1S/C31H40N2O5/c1-30(2,3)22-17-21(18-23(19-22)31(4,5)6)20-38-29(36)33-27-14-10-11-24-25(27)12-9-13-26(24)32-28(35)37-16-8-7-15-34/h9-14,17-19,34H,7-8,15-16,20H2,1-6H3,(H,32,35)(H,33,36). The van der Waals surface area contributed by atoms with Crippen molar-refractivity contribution in [3.05, 3.63) is 71.3 Å². The minimum absolute atomic E-state index is 0.0290. The SMILES string of the molecule is CC(C)(C)c1cc(COC(=O)Nc2cccc3c(NC(=O)OCCCCO)cccc23)cc(C(C)(C)C)c1. The molecule has 0 saturated carbocycles. The summed E-state index contributed by atoms with van der Waals surface area (Å²) in [6.45, 7) is 13.5. The normalized spacial score (nSPS) is 11.8. The van der Waals surface area contributed by atoms with E-state index in [1.165, 1.54) is 11.1 Å². The number of nitrogens with one attached hydrogen (secondary N) is 2. The Hall–Kier alpha value is -3.58. The van der Waals surface area contributed by atoms with Gasteiger partial charge in [0.15, 0.2) is 0 Å². The molecule has 0 aliphatic rings. The third kappa shape index (κ3) is 7.96. The van der Waals surface area contributed by atoms with Crippen molar-refractivity contribution in [1.29, 1.82) is 0 Å². The van der Waals surface area contributed by atoms with E-state index in [4.69, 9.17) is 14.6 Å². The van der Waals surface area contributed by atoms with Crippen LogP contribution in [-0.4, -0.2) is 30.5 Å². The van der Waals surface area contributed by atoms with Gasteiger partial charge in [-0.2, -0.15) is 0 Å². The lowest BCUT2D eigenvalue weighted by molar-refractivity contribution is 0.154. The number of anilines is 2. The molecule has 0 saturated heterocycles. The van der Waals surface area contributed by atoms with E-state index in [2.05, 4.69) is 70.4 Å². The van der Waals surface area contributed by atoms with Crippen LogP contribution in [0.15, 0.2) is 54.6 Å². The second-order valence-electron chi connectivity index (χ2n) is 11.5. The topological polar surface area (TPSA) is 96.9 Å². The summed E-state index contributed by atoms with van der Waals surface area (Å²) in [5, 5.41) is 16.0. The molecule has 0 aliphatic carbocycles. The molecule has 0 atom stereocenters. The van der Waals surface area contributed by atoms with Crippen molar-refractivity contribution in [2.45, 2.75) is 71.8 Å². The van der Waals surface area contributed by atoms with Gasteiger partial charge in [0, 0.05) is 17.4 Å². The fourth-order valence-electron chi connectivity index (χ4n) is 3.99. The Morgan fingerprint density at radius 2 is 1.24 bits per heavy atom. The summed E-state index contributed by atoms with van der Waals surface area (Å²) < 4.78 is 10.8. The molecule has 3 rings (SSSR count). The molecule has 0 heterocycles. The van der Waals surface area contributed by atoms with Gasteiger partial charge >= 0.3 is 12.2 Å². The number of carbonyl (C=O) groups is 2. The van der Waals surface area contributed by atoms with Crippen LogP contribution in [0.1, 0.15) is 71.1 Å². The highest BCUT2D eigenvalue weighted by Gasteiger charge is 2.21. The van der Waals surface area contributed by atoms with Gasteiger partial charge in [-0.05, 0) is 52.5 Å². The molecule has 0 aromatic heterocycles. The predicted octanol–water partition coefficient (Wildman–Crippen LogP) is 7.50. The molecule has 3 aromatic rings. The number of carbonyl (C=O) groups excluding carboxylic acids is 2. The van der Waals surface area contributed by atoms with Crippen LogP contribution in [0.5, 0.6) is 0 Å². The van der Waals surface area contributed by atoms with E-state index in [9.17, 15) is 9.59 Å². The zero-order chi connectivity index (χ0) is 27.9. The van der Waals surface area contributed by atoms with Crippen LogP contribution in [0.3, 0.4) is 0 Å². The maximum absolute atomic E-state index is 12.8. The lowest BCUT2D eigenvalue weighted by Crippen LogP contribution is -2.18. The molecular weight excluding hydrogens is 480 g/mol. The number of rotatable bonds is 8. The van der Waals surface area contributed by atoms with E-state index in [1.54, 1.807) is 24.3 Å². The van der Waals surface area contributed by atoms with Gasteiger partial charge < -0.3 is 14.6 Å². The fraction of sp³-hybridized carbons (Fsp3) is 0.419. The second-order valence-corrected chi connectivity index (χ2v) is 11.5. The molecular formula is C31H40N2O5. The summed E-state index contributed by atoms with van der Waals surface area (Å²) in [5.74, 6) is 0. The van der Waals surface area contributed by atoms with Gasteiger partial charge in [-0.25, -0.2) is 9.59 Å². The largest absolute Gasteiger partial charge is 0.449 e. The first-order valence-corrected chi connectivity index (χ1v) is 13.0. The number of benzene rings is 3. The second kappa shape index (κ2) is 12.3. The van der Waals surface area contributed by atoms with Crippen molar-refractivity contribution in [2.24, 2.45) is 0 Å². The van der Waals surface area contributed by atoms with Gasteiger partial charge in [0.1, 0.15) is 6.61 Å². The summed E-state index contributed by atoms with van der Waals surface area (Å²) in [4.78, 5) is 25.0. The Bertz CT molecular complexity index is 1240. The highest BCUT2D eigenvalue weighted by molar-refractivity contribution is 6.07. The third-order valence-electron chi connectivity index (χ3n) is 6.28. The Morgan fingerprint density at radius 3 is 1.71 bits per heavy atom. The number of fused-ring (bicyclic) bond motifs is 1. The molecule has 0 radical (unpaired) electrons. The van der Waals surface area contributed by atoms with Crippen molar-refractivity contribution >= 4 is 34.3 Å². The van der Waals surface area contributed by atoms with E-state index in [0.717, 1.165) is 16.3 Å². The lowest BCUT2D eigenvalue weighted by Gasteiger charge is -2.26. The maximum Gasteiger partial charge on any atom is 0.411 e. The minimum Gasteiger partial charge on any atom is -0.449 e. The number of unbranched alkanes of at least 4 members (excludes halogenated alkanes) is 1. The zero-order valence-electron chi connectivity index (χ0n) is 23.3. The van der Waals surface area contributed by atoms with E-state index in [-0.39, 0.29) is 30.7 Å². The molecule has 38 heavy (non-hydrogen) atoms.